The standard InChI is InChI=1S/C21H21ClN4O2/c1-13-5-4-6-15(9-13)12-23-20-11-18(24-14(2)25-20)21(27)26-17-10-16(22)7-8-19(17)28-3/h4-11H,12H2,1-3H3,(H,26,27)(H,23,24,25). The summed E-state index contributed by atoms with van der Waals surface area (Å²) in [6.07, 6.45) is 0. The molecule has 6 nitrogen and oxygen atoms in total. The summed E-state index contributed by atoms with van der Waals surface area (Å²) in [7, 11) is 1.53. The smallest absolute Gasteiger partial charge is 0.274 e. The van der Waals surface area contributed by atoms with Crippen molar-refractivity contribution in [2.75, 3.05) is 17.7 Å². The van der Waals surface area contributed by atoms with Crippen LogP contribution in [0.3, 0.4) is 0 Å². The van der Waals surface area contributed by atoms with Crippen LogP contribution in [-0.4, -0.2) is 23.0 Å². The van der Waals surface area contributed by atoms with E-state index < -0.39 is 0 Å². The lowest BCUT2D eigenvalue weighted by atomic mass is 10.1. The molecule has 1 amide bonds. The summed E-state index contributed by atoms with van der Waals surface area (Å²) in [6, 6.07) is 14.8. The second-order valence-electron chi connectivity index (χ2n) is 6.33. The molecule has 2 N–H and O–H groups in total. The van der Waals surface area contributed by atoms with Crippen LogP contribution in [0.4, 0.5) is 11.5 Å². The number of nitrogens with zero attached hydrogens (tertiary/aromatic N) is 2. The third-order valence-corrected chi connectivity index (χ3v) is 4.27. The Morgan fingerprint density at radius 3 is 2.68 bits per heavy atom. The highest BCUT2D eigenvalue weighted by Crippen LogP contribution is 2.28. The molecule has 0 aliphatic carbocycles. The summed E-state index contributed by atoms with van der Waals surface area (Å²) >= 11 is 6.02. The summed E-state index contributed by atoms with van der Waals surface area (Å²) in [5, 5.41) is 6.53. The van der Waals surface area contributed by atoms with Crippen molar-refractivity contribution in [3.8, 4) is 5.75 Å². The lowest BCUT2D eigenvalue weighted by molar-refractivity contribution is 0.102. The average Bonchev–Trinajstić information content (AvgIpc) is 2.66. The molecule has 1 aromatic heterocycles. The highest BCUT2D eigenvalue weighted by Gasteiger charge is 2.14. The molecule has 2 aromatic carbocycles. The van der Waals surface area contributed by atoms with Gasteiger partial charge in [-0.1, -0.05) is 41.4 Å². The Hall–Kier alpha value is -3.12. The van der Waals surface area contributed by atoms with Gasteiger partial charge in [0.15, 0.2) is 0 Å². The second kappa shape index (κ2) is 8.71. The van der Waals surface area contributed by atoms with Gasteiger partial charge in [0.05, 0.1) is 12.8 Å². The van der Waals surface area contributed by atoms with Crippen molar-refractivity contribution in [3.05, 3.63) is 76.2 Å². The monoisotopic (exact) mass is 396 g/mol. The van der Waals surface area contributed by atoms with E-state index in [9.17, 15) is 4.79 Å². The molecule has 0 fully saturated rings. The normalized spacial score (nSPS) is 10.4. The number of benzene rings is 2. The van der Waals surface area contributed by atoms with Crippen LogP contribution in [-0.2, 0) is 6.54 Å². The SMILES string of the molecule is COc1ccc(Cl)cc1NC(=O)c1cc(NCc2cccc(C)c2)nc(C)n1. The fourth-order valence-corrected chi connectivity index (χ4v) is 2.93. The van der Waals surface area contributed by atoms with E-state index >= 15 is 0 Å². The highest BCUT2D eigenvalue weighted by molar-refractivity contribution is 6.31. The fraction of sp³-hybridized carbons (Fsp3) is 0.190. The van der Waals surface area contributed by atoms with Crippen molar-refractivity contribution < 1.29 is 9.53 Å². The van der Waals surface area contributed by atoms with E-state index in [-0.39, 0.29) is 11.6 Å². The average molecular weight is 397 g/mol. The largest absolute Gasteiger partial charge is 0.495 e. The molecule has 0 unspecified atom stereocenters. The number of aryl methyl sites for hydroxylation is 2. The first-order valence-electron chi connectivity index (χ1n) is 8.74. The lowest BCUT2D eigenvalue weighted by Gasteiger charge is -2.12. The van der Waals surface area contributed by atoms with Crippen LogP contribution in [0.2, 0.25) is 5.02 Å². The van der Waals surface area contributed by atoms with Crippen LogP contribution < -0.4 is 15.4 Å². The highest BCUT2D eigenvalue weighted by atomic mass is 35.5. The molecule has 3 rings (SSSR count). The Balaban J connectivity index is 1.77. The minimum absolute atomic E-state index is 0.251. The van der Waals surface area contributed by atoms with E-state index in [2.05, 4.69) is 26.7 Å². The summed E-state index contributed by atoms with van der Waals surface area (Å²) in [5.74, 6) is 1.22. The first-order chi connectivity index (χ1) is 13.4. The molecule has 0 saturated carbocycles. The fourth-order valence-electron chi connectivity index (χ4n) is 2.75. The molecule has 0 atom stereocenters. The number of halogens is 1. The van der Waals surface area contributed by atoms with Gasteiger partial charge in [-0.05, 0) is 37.6 Å². The zero-order chi connectivity index (χ0) is 20.1. The van der Waals surface area contributed by atoms with Gasteiger partial charge in [0.1, 0.15) is 23.1 Å². The molecular formula is C21H21ClN4O2. The van der Waals surface area contributed by atoms with E-state index in [1.807, 2.05) is 25.1 Å². The van der Waals surface area contributed by atoms with Crippen LogP contribution in [0.5, 0.6) is 5.75 Å². The summed E-state index contributed by atoms with van der Waals surface area (Å²) in [6.45, 7) is 4.39. The Morgan fingerprint density at radius 1 is 1.11 bits per heavy atom. The number of carbonyl (C=O) groups is 1. The number of methoxy groups -OCH3 is 1. The number of ether oxygens (including phenoxy) is 1. The number of hydrogen-bond donors (Lipinski definition) is 2. The zero-order valence-electron chi connectivity index (χ0n) is 15.9. The number of hydrogen-bond acceptors (Lipinski definition) is 5. The lowest BCUT2D eigenvalue weighted by Crippen LogP contribution is -2.16. The zero-order valence-corrected chi connectivity index (χ0v) is 16.7. The van der Waals surface area contributed by atoms with E-state index in [0.717, 1.165) is 5.56 Å². The van der Waals surface area contributed by atoms with Crippen molar-refractivity contribution in [1.29, 1.82) is 0 Å². The third-order valence-electron chi connectivity index (χ3n) is 4.04. The van der Waals surface area contributed by atoms with Crippen molar-refractivity contribution in [1.82, 2.24) is 9.97 Å². The van der Waals surface area contributed by atoms with E-state index in [4.69, 9.17) is 16.3 Å². The van der Waals surface area contributed by atoms with Crippen molar-refractivity contribution in [2.24, 2.45) is 0 Å². The third kappa shape index (κ3) is 4.98. The molecule has 1 heterocycles. The quantitative estimate of drug-likeness (QED) is 0.635. The van der Waals surface area contributed by atoms with Gasteiger partial charge in [0.25, 0.3) is 5.91 Å². The first-order valence-corrected chi connectivity index (χ1v) is 9.12. The first kappa shape index (κ1) is 19.6. The minimum atomic E-state index is -0.371. The Kier molecular flexibility index (Phi) is 6.11. The van der Waals surface area contributed by atoms with Crippen LogP contribution in [0.25, 0.3) is 0 Å². The van der Waals surface area contributed by atoms with Crippen LogP contribution in [0.15, 0.2) is 48.5 Å². The Labute approximate surface area is 168 Å². The van der Waals surface area contributed by atoms with Crippen LogP contribution >= 0.6 is 11.6 Å². The van der Waals surface area contributed by atoms with Gasteiger partial charge in [-0.3, -0.25) is 4.79 Å². The number of amides is 1. The maximum atomic E-state index is 12.7. The van der Waals surface area contributed by atoms with Crippen LogP contribution in [0.1, 0.15) is 27.4 Å². The number of rotatable bonds is 6. The number of aromatic nitrogens is 2. The van der Waals surface area contributed by atoms with Crippen molar-refractivity contribution >= 4 is 29.0 Å². The van der Waals surface area contributed by atoms with Crippen LogP contribution in [0, 0.1) is 13.8 Å². The molecular weight excluding hydrogens is 376 g/mol. The molecule has 0 radical (unpaired) electrons. The van der Waals surface area contributed by atoms with Crippen molar-refractivity contribution in [3.63, 3.8) is 0 Å². The Morgan fingerprint density at radius 2 is 1.93 bits per heavy atom. The van der Waals surface area contributed by atoms with E-state index in [0.29, 0.717) is 34.6 Å². The maximum absolute atomic E-state index is 12.7. The van der Waals surface area contributed by atoms with Crippen molar-refractivity contribution in [2.45, 2.75) is 20.4 Å². The summed E-state index contributed by atoms with van der Waals surface area (Å²) < 4.78 is 5.26. The van der Waals surface area contributed by atoms with Gasteiger partial charge in [-0.25, -0.2) is 9.97 Å². The molecule has 0 spiro atoms. The second-order valence-corrected chi connectivity index (χ2v) is 6.76. The van der Waals surface area contributed by atoms with Gasteiger partial charge in [-0.2, -0.15) is 0 Å². The molecule has 3 aromatic rings. The molecule has 0 bridgehead atoms. The predicted octanol–water partition coefficient (Wildman–Crippen LogP) is 4.62. The molecule has 144 valence electrons. The Bertz CT molecular complexity index is 1010. The maximum Gasteiger partial charge on any atom is 0.274 e. The van der Waals surface area contributed by atoms with Gasteiger partial charge >= 0.3 is 0 Å². The topological polar surface area (TPSA) is 76.1 Å². The number of carbonyl (C=O) groups excluding carboxylic acids is 1. The number of anilines is 2. The van der Waals surface area contributed by atoms with Gasteiger partial charge in [0.2, 0.25) is 0 Å². The molecule has 0 aliphatic heterocycles. The van der Waals surface area contributed by atoms with E-state index in [1.165, 1.54) is 12.7 Å². The molecule has 7 heteroatoms. The van der Waals surface area contributed by atoms with Gasteiger partial charge < -0.3 is 15.4 Å². The number of nitrogens with one attached hydrogen (secondary N) is 2. The predicted molar refractivity (Wildman–Crippen MR) is 111 cm³/mol. The van der Waals surface area contributed by atoms with Gasteiger partial charge in [0, 0.05) is 17.6 Å². The summed E-state index contributed by atoms with van der Waals surface area (Å²) in [5.41, 5.74) is 3.05. The molecule has 0 aliphatic rings. The molecule has 0 saturated heterocycles. The molecule has 28 heavy (non-hydrogen) atoms. The summed E-state index contributed by atoms with van der Waals surface area (Å²) in [4.78, 5) is 21.3. The van der Waals surface area contributed by atoms with E-state index in [1.54, 1.807) is 31.2 Å². The van der Waals surface area contributed by atoms with Gasteiger partial charge in [-0.15, -0.1) is 0 Å². The minimum Gasteiger partial charge on any atom is -0.495 e.